The summed E-state index contributed by atoms with van der Waals surface area (Å²) >= 11 is 0. The van der Waals surface area contributed by atoms with Crippen molar-refractivity contribution < 1.29 is 4.39 Å². The molecular formula is C14H20FN. The monoisotopic (exact) mass is 221 g/mol. The summed E-state index contributed by atoms with van der Waals surface area (Å²) in [4.78, 5) is 0. The summed E-state index contributed by atoms with van der Waals surface area (Å²) < 4.78 is 13.4. The Morgan fingerprint density at radius 2 is 2.12 bits per heavy atom. The van der Waals surface area contributed by atoms with E-state index >= 15 is 0 Å². The van der Waals surface area contributed by atoms with Crippen LogP contribution in [0.2, 0.25) is 0 Å². The number of hydrogen-bond acceptors (Lipinski definition) is 1. The first-order valence-electron chi connectivity index (χ1n) is 6.22. The van der Waals surface area contributed by atoms with Crippen LogP contribution in [0.5, 0.6) is 0 Å². The second-order valence-electron chi connectivity index (χ2n) is 4.92. The Labute approximate surface area is 97.1 Å². The van der Waals surface area contributed by atoms with Crippen LogP contribution in [0.15, 0.2) is 24.3 Å². The predicted molar refractivity (Wildman–Crippen MR) is 64.9 cm³/mol. The Kier molecular flexibility index (Phi) is 3.94. The van der Waals surface area contributed by atoms with Gasteiger partial charge in [0, 0.05) is 6.04 Å². The van der Waals surface area contributed by atoms with Crippen LogP contribution >= 0.6 is 0 Å². The van der Waals surface area contributed by atoms with Crippen LogP contribution in [-0.2, 0) is 6.42 Å². The van der Waals surface area contributed by atoms with Crippen LogP contribution in [0.1, 0.15) is 31.7 Å². The molecule has 2 heteroatoms. The fourth-order valence-corrected chi connectivity index (χ4v) is 1.96. The minimum Gasteiger partial charge on any atom is -0.314 e. The molecule has 1 unspecified atom stereocenters. The molecule has 0 bridgehead atoms. The highest BCUT2D eigenvalue weighted by molar-refractivity contribution is 5.17. The van der Waals surface area contributed by atoms with Crippen LogP contribution in [0.4, 0.5) is 4.39 Å². The molecule has 1 aromatic carbocycles. The average Bonchev–Trinajstić information content (AvgIpc) is 3.05. The van der Waals surface area contributed by atoms with Crippen molar-refractivity contribution in [1.29, 1.82) is 0 Å². The maximum absolute atomic E-state index is 13.4. The Morgan fingerprint density at radius 1 is 1.38 bits per heavy atom. The molecule has 1 aliphatic carbocycles. The van der Waals surface area contributed by atoms with Gasteiger partial charge in [0.1, 0.15) is 5.82 Å². The highest BCUT2D eigenvalue weighted by atomic mass is 19.1. The largest absolute Gasteiger partial charge is 0.314 e. The fourth-order valence-electron chi connectivity index (χ4n) is 1.96. The molecule has 88 valence electrons. The highest BCUT2D eigenvalue weighted by Crippen LogP contribution is 2.19. The summed E-state index contributed by atoms with van der Waals surface area (Å²) in [5.74, 6) is 0.479. The molecule has 0 saturated heterocycles. The van der Waals surface area contributed by atoms with Gasteiger partial charge in [-0.25, -0.2) is 4.39 Å². The molecule has 1 N–H and O–H groups in total. The van der Waals surface area contributed by atoms with Gasteiger partial charge in [-0.05, 0) is 49.8 Å². The van der Waals surface area contributed by atoms with E-state index < -0.39 is 0 Å². The molecule has 0 heterocycles. The molecule has 1 saturated carbocycles. The van der Waals surface area contributed by atoms with Crippen molar-refractivity contribution >= 4 is 0 Å². The summed E-state index contributed by atoms with van der Waals surface area (Å²) in [5.41, 5.74) is 0.849. The van der Waals surface area contributed by atoms with Crippen molar-refractivity contribution in [3.8, 4) is 0 Å². The van der Waals surface area contributed by atoms with E-state index in [1.807, 2.05) is 12.1 Å². The zero-order valence-electron chi connectivity index (χ0n) is 9.88. The lowest BCUT2D eigenvalue weighted by atomic mass is 9.98. The molecule has 1 aromatic rings. The Bertz CT molecular complexity index is 333. The fraction of sp³-hybridized carbons (Fsp3) is 0.571. The number of rotatable bonds is 6. The molecule has 0 aliphatic heterocycles. The van der Waals surface area contributed by atoms with Crippen molar-refractivity contribution in [3.63, 3.8) is 0 Å². The van der Waals surface area contributed by atoms with Crippen molar-refractivity contribution in [2.45, 2.75) is 38.6 Å². The van der Waals surface area contributed by atoms with Crippen molar-refractivity contribution in [2.24, 2.45) is 5.92 Å². The third kappa shape index (κ3) is 3.60. The summed E-state index contributed by atoms with van der Waals surface area (Å²) in [6.07, 6.45) is 4.65. The minimum atomic E-state index is -0.0653. The Balaban J connectivity index is 1.73. The van der Waals surface area contributed by atoms with E-state index in [-0.39, 0.29) is 5.82 Å². The van der Waals surface area contributed by atoms with Gasteiger partial charge in [0.25, 0.3) is 0 Å². The van der Waals surface area contributed by atoms with E-state index in [1.54, 1.807) is 12.1 Å². The summed E-state index contributed by atoms with van der Waals surface area (Å²) in [5, 5.41) is 3.49. The van der Waals surface area contributed by atoms with E-state index in [4.69, 9.17) is 0 Å². The van der Waals surface area contributed by atoms with Gasteiger partial charge in [0.05, 0.1) is 0 Å². The lowest BCUT2D eigenvalue weighted by Crippen LogP contribution is -2.20. The van der Waals surface area contributed by atoms with Gasteiger partial charge in [-0.1, -0.05) is 25.1 Å². The molecule has 0 aromatic heterocycles. The molecule has 16 heavy (non-hydrogen) atoms. The number of benzene rings is 1. The first-order valence-corrected chi connectivity index (χ1v) is 6.22. The SMILES string of the molecule is CC(CCNC1CC1)Cc1ccccc1F. The molecule has 1 aliphatic rings. The van der Waals surface area contributed by atoms with Crippen LogP contribution in [0.3, 0.4) is 0 Å². The average molecular weight is 221 g/mol. The first kappa shape index (κ1) is 11.6. The van der Waals surface area contributed by atoms with Gasteiger partial charge >= 0.3 is 0 Å². The number of halogens is 1. The van der Waals surface area contributed by atoms with Gasteiger partial charge in [-0.3, -0.25) is 0 Å². The first-order chi connectivity index (χ1) is 7.75. The topological polar surface area (TPSA) is 12.0 Å². The van der Waals surface area contributed by atoms with Crippen LogP contribution in [0, 0.1) is 11.7 Å². The van der Waals surface area contributed by atoms with Gasteiger partial charge in [0.15, 0.2) is 0 Å². The smallest absolute Gasteiger partial charge is 0.126 e. The standard InChI is InChI=1S/C14H20FN/c1-11(8-9-16-13-6-7-13)10-12-4-2-3-5-14(12)15/h2-5,11,13,16H,6-10H2,1H3. The van der Waals surface area contributed by atoms with E-state index in [0.29, 0.717) is 5.92 Å². The molecule has 0 amide bonds. The van der Waals surface area contributed by atoms with E-state index in [2.05, 4.69) is 12.2 Å². The van der Waals surface area contributed by atoms with Crippen LogP contribution in [0.25, 0.3) is 0 Å². The molecule has 0 radical (unpaired) electrons. The summed E-state index contributed by atoms with van der Waals surface area (Å²) in [6.45, 7) is 3.27. The van der Waals surface area contributed by atoms with Gasteiger partial charge in [-0.2, -0.15) is 0 Å². The predicted octanol–water partition coefficient (Wildman–Crippen LogP) is 3.15. The number of nitrogens with one attached hydrogen (secondary N) is 1. The molecule has 1 nitrogen and oxygen atoms in total. The Hall–Kier alpha value is -0.890. The number of hydrogen-bond donors (Lipinski definition) is 1. The third-order valence-corrected chi connectivity index (χ3v) is 3.17. The molecule has 1 atom stereocenters. The van der Waals surface area contributed by atoms with E-state index in [1.165, 1.54) is 12.8 Å². The minimum absolute atomic E-state index is 0.0653. The van der Waals surface area contributed by atoms with Crippen molar-refractivity contribution in [2.75, 3.05) is 6.54 Å². The Morgan fingerprint density at radius 3 is 2.81 bits per heavy atom. The van der Waals surface area contributed by atoms with Crippen molar-refractivity contribution in [3.05, 3.63) is 35.6 Å². The normalized spacial score (nSPS) is 17.4. The molecular weight excluding hydrogens is 201 g/mol. The van der Waals surface area contributed by atoms with Crippen molar-refractivity contribution in [1.82, 2.24) is 5.32 Å². The second-order valence-corrected chi connectivity index (χ2v) is 4.92. The summed E-state index contributed by atoms with van der Waals surface area (Å²) in [7, 11) is 0. The maximum Gasteiger partial charge on any atom is 0.126 e. The molecule has 0 spiro atoms. The molecule has 2 rings (SSSR count). The highest BCUT2D eigenvalue weighted by Gasteiger charge is 2.20. The third-order valence-electron chi connectivity index (χ3n) is 3.17. The van der Waals surface area contributed by atoms with Crippen LogP contribution in [-0.4, -0.2) is 12.6 Å². The zero-order valence-corrected chi connectivity index (χ0v) is 9.88. The van der Waals surface area contributed by atoms with E-state index in [0.717, 1.165) is 31.0 Å². The molecule has 1 fully saturated rings. The zero-order chi connectivity index (χ0) is 11.4. The van der Waals surface area contributed by atoms with Crippen LogP contribution < -0.4 is 5.32 Å². The summed E-state index contributed by atoms with van der Waals surface area (Å²) in [6, 6.07) is 7.87. The second kappa shape index (κ2) is 5.44. The van der Waals surface area contributed by atoms with E-state index in [9.17, 15) is 4.39 Å². The quantitative estimate of drug-likeness (QED) is 0.778. The van der Waals surface area contributed by atoms with Gasteiger partial charge in [-0.15, -0.1) is 0 Å². The van der Waals surface area contributed by atoms with Gasteiger partial charge < -0.3 is 5.32 Å². The maximum atomic E-state index is 13.4. The lowest BCUT2D eigenvalue weighted by molar-refractivity contribution is 0.485. The lowest BCUT2D eigenvalue weighted by Gasteiger charge is -2.12. The van der Waals surface area contributed by atoms with Gasteiger partial charge in [0.2, 0.25) is 0 Å².